The number of nitrogens with one attached hydrogen (secondary N) is 1. The lowest BCUT2D eigenvalue weighted by Gasteiger charge is -2.24. The van der Waals surface area contributed by atoms with Gasteiger partial charge in [-0.15, -0.1) is 0 Å². The molecule has 6 heteroatoms. The first-order chi connectivity index (χ1) is 19.1. The van der Waals surface area contributed by atoms with Crippen molar-refractivity contribution >= 4 is 11.9 Å². The van der Waals surface area contributed by atoms with Gasteiger partial charge in [-0.2, -0.15) is 0 Å². The Morgan fingerprint density at radius 1 is 0.744 bits per heavy atom. The predicted octanol–water partition coefficient (Wildman–Crippen LogP) is 7.52. The number of aliphatic hydroxyl groups is 1. The van der Waals surface area contributed by atoms with E-state index in [-0.39, 0.29) is 31.8 Å². The fraction of sp³-hybridized carbons (Fsp3) is 0.576. The molecule has 0 radical (unpaired) electrons. The maximum Gasteiger partial charge on any atom is 0.407 e. The summed E-state index contributed by atoms with van der Waals surface area (Å²) < 4.78 is 11.1. The fourth-order valence-corrected chi connectivity index (χ4v) is 4.49. The summed E-state index contributed by atoms with van der Waals surface area (Å²) in [6, 6.07) is 18.5. The van der Waals surface area contributed by atoms with E-state index in [1.54, 1.807) is 0 Å². The number of hydrogen-bond donors (Lipinski definition) is 2. The van der Waals surface area contributed by atoms with Gasteiger partial charge < -0.3 is 19.9 Å². The quantitative estimate of drug-likeness (QED) is 0.151. The van der Waals surface area contributed by atoms with Crippen molar-refractivity contribution in [3.8, 4) is 0 Å². The molecule has 0 spiro atoms. The maximum absolute atomic E-state index is 12.5. The fourth-order valence-electron chi connectivity index (χ4n) is 4.49. The van der Waals surface area contributed by atoms with E-state index in [0.717, 1.165) is 24.0 Å². The maximum atomic E-state index is 12.5. The number of aliphatic hydroxyl groups excluding tert-OH is 1. The number of benzene rings is 2. The van der Waals surface area contributed by atoms with Gasteiger partial charge in [-0.25, -0.2) is 4.79 Å². The Labute approximate surface area is 235 Å². The van der Waals surface area contributed by atoms with Crippen molar-refractivity contribution in [2.24, 2.45) is 0 Å². The second kappa shape index (κ2) is 21.2. The third-order valence-corrected chi connectivity index (χ3v) is 6.92. The van der Waals surface area contributed by atoms with E-state index in [1.807, 2.05) is 60.7 Å². The van der Waals surface area contributed by atoms with Gasteiger partial charge in [0.15, 0.2) is 0 Å². The van der Waals surface area contributed by atoms with Crippen molar-refractivity contribution in [1.29, 1.82) is 0 Å². The number of rotatable bonds is 22. The van der Waals surface area contributed by atoms with Crippen LogP contribution in [0.3, 0.4) is 0 Å². The lowest BCUT2D eigenvalue weighted by Crippen LogP contribution is -2.46. The van der Waals surface area contributed by atoms with Crippen LogP contribution in [0.2, 0.25) is 0 Å². The van der Waals surface area contributed by atoms with Crippen molar-refractivity contribution in [2.75, 3.05) is 6.61 Å². The Hall–Kier alpha value is -2.70. The van der Waals surface area contributed by atoms with Gasteiger partial charge in [0, 0.05) is 12.8 Å². The highest BCUT2D eigenvalue weighted by Gasteiger charge is 2.23. The minimum atomic E-state index is -0.915. The molecular formula is C33H49NO5. The van der Waals surface area contributed by atoms with Gasteiger partial charge in [0.05, 0.1) is 25.4 Å². The van der Waals surface area contributed by atoms with Crippen LogP contribution in [0, 0.1) is 0 Å². The van der Waals surface area contributed by atoms with Crippen molar-refractivity contribution in [2.45, 2.75) is 116 Å². The molecule has 2 aromatic rings. The van der Waals surface area contributed by atoms with Crippen molar-refractivity contribution in [3.63, 3.8) is 0 Å². The molecule has 0 aliphatic carbocycles. The van der Waals surface area contributed by atoms with Crippen LogP contribution < -0.4 is 5.32 Å². The Balaban J connectivity index is 1.69. The summed E-state index contributed by atoms with van der Waals surface area (Å²) >= 11 is 0. The van der Waals surface area contributed by atoms with Crippen LogP contribution in [0.4, 0.5) is 4.79 Å². The molecule has 2 atom stereocenters. The van der Waals surface area contributed by atoms with Crippen LogP contribution in [-0.4, -0.2) is 35.7 Å². The summed E-state index contributed by atoms with van der Waals surface area (Å²) in [6.07, 6.45) is 11.9. The molecule has 2 N–H and O–H groups in total. The van der Waals surface area contributed by atoms with Gasteiger partial charge in [-0.3, -0.25) is 4.79 Å². The standard InChI is InChI=1S/C33H49NO5/c1-2-3-4-5-6-7-8-9-10-17-22-30(35)23-24-32(36)31(27-38-25-28-18-13-11-14-19-28)34-33(37)39-26-29-20-15-12-16-21-29/h11-16,18-21,31-32,36H,2-10,17,22-27H2,1H3,(H,34,37)/t31-,32+/m1/s1. The zero-order chi connectivity index (χ0) is 28.0. The summed E-state index contributed by atoms with van der Waals surface area (Å²) in [6.45, 7) is 2.85. The van der Waals surface area contributed by atoms with Gasteiger partial charge in [0.1, 0.15) is 12.4 Å². The highest BCUT2D eigenvalue weighted by molar-refractivity contribution is 5.78. The van der Waals surface area contributed by atoms with Crippen molar-refractivity contribution in [1.82, 2.24) is 5.32 Å². The number of amides is 1. The molecule has 0 bridgehead atoms. The normalized spacial score (nSPS) is 12.6. The van der Waals surface area contributed by atoms with E-state index < -0.39 is 18.2 Å². The molecule has 0 aliphatic rings. The van der Waals surface area contributed by atoms with Crippen molar-refractivity contribution < 1.29 is 24.2 Å². The van der Waals surface area contributed by atoms with Gasteiger partial charge in [0.25, 0.3) is 0 Å². The van der Waals surface area contributed by atoms with Crippen LogP contribution in [0.25, 0.3) is 0 Å². The lowest BCUT2D eigenvalue weighted by molar-refractivity contribution is -0.119. The minimum absolute atomic E-state index is 0.114. The molecule has 216 valence electrons. The smallest absolute Gasteiger partial charge is 0.407 e. The van der Waals surface area contributed by atoms with Gasteiger partial charge >= 0.3 is 6.09 Å². The summed E-state index contributed by atoms with van der Waals surface area (Å²) in [7, 11) is 0. The van der Waals surface area contributed by atoms with Crippen LogP contribution in [0.5, 0.6) is 0 Å². The number of carbonyl (C=O) groups is 2. The zero-order valence-corrected chi connectivity index (χ0v) is 23.8. The molecule has 0 fully saturated rings. The number of ketones is 1. The molecule has 0 unspecified atom stereocenters. The van der Waals surface area contributed by atoms with E-state index in [0.29, 0.717) is 13.0 Å². The number of carbonyl (C=O) groups excluding carboxylic acids is 2. The predicted molar refractivity (Wildman–Crippen MR) is 156 cm³/mol. The Bertz CT molecular complexity index is 889. The lowest BCUT2D eigenvalue weighted by atomic mass is 10.0. The van der Waals surface area contributed by atoms with Crippen LogP contribution in [0.15, 0.2) is 60.7 Å². The van der Waals surface area contributed by atoms with Gasteiger partial charge in [-0.05, 0) is 24.0 Å². The summed E-state index contributed by atoms with van der Waals surface area (Å²) in [5.74, 6) is 0.157. The van der Waals surface area contributed by atoms with E-state index in [9.17, 15) is 14.7 Å². The van der Waals surface area contributed by atoms with Crippen molar-refractivity contribution in [3.05, 3.63) is 71.8 Å². The zero-order valence-electron chi connectivity index (χ0n) is 23.8. The third-order valence-electron chi connectivity index (χ3n) is 6.92. The van der Waals surface area contributed by atoms with Crippen LogP contribution in [-0.2, 0) is 27.5 Å². The first-order valence-electron chi connectivity index (χ1n) is 14.9. The second-order valence-electron chi connectivity index (χ2n) is 10.4. The number of hydrogen-bond acceptors (Lipinski definition) is 5. The number of unbranched alkanes of at least 4 members (excludes halogenated alkanes) is 9. The first kappa shape index (κ1) is 32.5. The Morgan fingerprint density at radius 3 is 1.87 bits per heavy atom. The number of Topliss-reactive ketones (excluding diaryl/α,β-unsaturated/α-hetero) is 1. The summed E-state index contributed by atoms with van der Waals surface area (Å²) in [5, 5.41) is 13.6. The average molecular weight is 540 g/mol. The van der Waals surface area contributed by atoms with Crippen LogP contribution in [0.1, 0.15) is 102 Å². The summed E-state index contributed by atoms with van der Waals surface area (Å²) in [5.41, 5.74) is 1.88. The average Bonchev–Trinajstić information content (AvgIpc) is 2.96. The van der Waals surface area contributed by atoms with E-state index in [1.165, 1.54) is 51.4 Å². The molecule has 0 saturated heterocycles. The molecule has 0 saturated carbocycles. The first-order valence-corrected chi connectivity index (χ1v) is 14.9. The highest BCUT2D eigenvalue weighted by Crippen LogP contribution is 2.13. The largest absolute Gasteiger partial charge is 0.445 e. The molecule has 0 heterocycles. The minimum Gasteiger partial charge on any atom is -0.445 e. The van der Waals surface area contributed by atoms with Crippen LogP contribution >= 0.6 is 0 Å². The Kier molecular flexibility index (Phi) is 17.6. The second-order valence-corrected chi connectivity index (χ2v) is 10.4. The topological polar surface area (TPSA) is 84.9 Å². The Morgan fingerprint density at radius 2 is 1.28 bits per heavy atom. The van der Waals surface area contributed by atoms with E-state index >= 15 is 0 Å². The monoisotopic (exact) mass is 539 g/mol. The third kappa shape index (κ3) is 16.1. The molecule has 39 heavy (non-hydrogen) atoms. The molecular weight excluding hydrogens is 490 g/mol. The molecule has 6 nitrogen and oxygen atoms in total. The van der Waals surface area contributed by atoms with E-state index in [4.69, 9.17) is 9.47 Å². The number of alkyl carbamates (subject to hydrolysis) is 1. The molecule has 0 aliphatic heterocycles. The molecule has 0 aromatic heterocycles. The summed E-state index contributed by atoms with van der Waals surface area (Å²) in [4.78, 5) is 24.9. The SMILES string of the molecule is CCCCCCCCCCCCC(=O)CC[C@H](O)[C@@H](COCc1ccccc1)NC(=O)OCc1ccccc1. The van der Waals surface area contributed by atoms with Gasteiger partial charge in [-0.1, -0.05) is 125 Å². The van der Waals surface area contributed by atoms with E-state index in [2.05, 4.69) is 12.2 Å². The molecule has 1 amide bonds. The number of ether oxygens (including phenoxy) is 2. The molecule has 2 aromatic carbocycles. The highest BCUT2D eigenvalue weighted by atomic mass is 16.5. The molecule has 2 rings (SSSR count). The van der Waals surface area contributed by atoms with Gasteiger partial charge in [0.2, 0.25) is 0 Å².